The Kier molecular flexibility index (Phi) is 2.20. The molecule has 1 heterocycles. The topological polar surface area (TPSA) is 70.7 Å². The van der Waals surface area contributed by atoms with Crippen molar-refractivity contribution in [3.05, 3.63) is 52.0 Å². The Morgan fingerprint density at radius 1 is 1.21 bits per heavy atom. The van der Waals surface area contributed by atoms with E-state index in [1.54, 1.807) is 20.8 Å². The smallest absolute Gasteiger partial charge is 0.229 e. The van der Waals surface area contributed by atoms with Gasteiger partial charge in [-0.2, -0.15) is 0 Å². The highest BCUT2D eigenvalue weighted by atomic mass is 16.3. The number of hydrogen-bond donors (Lipinski definition) is 2. The van der Waals surface area contributed by atoms with Gasteiger partial charge in [0.15, 0.2) is 5.76 Å². The van der Waals surface area contributed by atoms with Crippen molar-refractivity contribution >= 4 is 5.78 Å². The molecular weight excluding hydrogens is 244 g/mol. The van der Waals surface area contributed by atoms with Crippen LogP contribution in [0, 0.1) is 13.8 Å². The zero-order valence-corrected chi connectivity index (χ0v) is 10.9. The van der Waals surface area contributed by atoms with Gasteiger partial charge in [0.1, 0.15) is 11.4 Å². The molecule has 0 aliphatic heterocycles. The molecule has 1 atom stereocenters. The van der Waals surface area contributed by atoms with E-state index in [0.29, 0.717) is 22.3 Å². The summed E-state index contributed by atoms with van der Waals surface area (Å²) in [6.45, 7) is 5.09. The van der Waals surface area contributed by atoms with Crippen molar-refractivity contribution in [3.63, 3.8) is 0 Å². The fourth-order valence-electron chi connectivity index (χ4n) is 2.98. The second-order valence-electron chi connectivity index (χ2n) is 5.16. The van der Waals surface area contributed by atoms with Crippen LogP contribution in [0.3, 0.4) is 0 Å². The molecule has 0 spiro atoms. The third kappa shape index (κ3) is 1.35. The Labute approximate surface area is 110 Å². The van der Waals surface area contributed by atoms with Crippen molar-refractivity contribution in [3.8, 4) is 5.75 Å². The molecule has 4 nitrogen and oxygen atoms in total. The van der Waals surface area contributed by atoms with Crippen LogP contribution in [0.25, 0.3) is 0 Å². The molecule has 0 saturated heterocycles. The number of phenols is 1. The number of benzene rings is 1. The molecule has 1 aromatic heterocycles. The summed E-state index contributed by atoms with van der Waals surface area (Å²) in [5.74, 6) is -0.00997. The van der Waals surface area contributed by atoms with Gasteiger partial charge in [0.05, 0.1) is 6.26 Å². The van der Waals surface area contributed by atoms with Crippen molar-refractivity contribution in [2.24, 2.45) is 0 Å². The average molecular weight is 258 g/mol. The van der Waals surface area contributed by atoms with Crippen molar-refractivity contribution in [1.29, 1.82) is 0 Å². The summed E-state index contributed by atoms with van der Waals surface area (Å²) in [4.78, 5) is 12.4. The number of fused-ring (bicyclic) bond motifs is 2. The van der Waals surface area contributed by atoms with Crippen molar-refractivity contribution in [2.45, 2.75) is 26.4 Å². The van der Waals surface area contributed by atoms with Gasteiger partial charge in [-0.1, -0.05) is 0 Å². The Bertz CT molecular complexity index is 707. The van der Waals surface area contributed by atoms with Gasteiger partial charge in [-0.15, -0.1) is 0 Å². The summed E-state index contributed by atoms with van der Waals surface area (Å²) in [5.41, 5.74) is 1.21. The standard InChI is InChI=1S/C15H14O4/c1-7-6-19-14-11(7)15(3,18)12-8(2)10(16)5-4-9(12)13(14)17/h4-6,16,18H,1-3H3. The molecule has 0 saturated carbocycles. The number of rotatable bonds is 0. The molecule has 4 heteroatoms. The van der Waals surface area contributed by atoms with Crippen LogP contribution in [-0.4, -0.2) is 16.0 Å². The van der Waals surface area contributed by atoms with E-state index in [1.807, 2.05) is 0 Å². The van der Waals surface area contributed by atoms with Crippen molar-refractivity contribution in [1.82, 2.24) is 0 Å². The Morgan fingerprint density at radius 2 is 1.89 bits per heavy atom. The highest BCUT2D eigenvalue weighted by molar-refractivity contribution is 6.11. The predicted octanol–water partition coefficient (Wildman–Crippen LogP) is 2.40. The average Bonchev–Trinajstić information content (AvgIpc) is 2.73. The lowest BCUT2D eigenvalue weighted by molar-refractivity contribution is 0.0822. The Balaban J connectivity index is 2.44. The van der Waals surface area contributed by atoms with Crippen LogP contribution in [0.4, 0.5) is 0 Å². The number of phenolic OH excluding ortho intramolecular Hbond substituents is 1. The highest BCUT2D eigenvalue weighted by Crippen LogP contribution is 2.45. The summed E-state index contributed by atoms with van der Waals surface area (Å²) < 4.78 is 5.29. The molecule has 1 aromatic carbocycles. The van der Waals surface area contributed by atoms with Crippen LogP contribution in [-0.2, 0) is 5.60 Å². The largest absolute Gasteiger partial charge is 0.508 e. The number of carbonyl (C=O) groups excluding carboxylic acids is 1. The van der Waals surface area contributed by atoms with E-state index in [2.05, 4.69) is 0 Å². The first-order valence-electron chi connectivity index (χ1n) is 6.04. The Morgan fingerprint density at radius 3 is 2.58 bits per heavy atom. The maximum Gasteiger partial charge on any atom is 0.229 e. The monoisotopic (exact) mass is 258 g/mol. The van der Waals surface area contributed by atoms with Crippen molar-refractivity contribution < 1.29 is 19.4 Å². The van der Waals surface area contributed by atoms with Crippen LogP contribution < -0.4 is 0 Å². The lowest BCUT2D eigenvalue weighted by Crippen LogP contribution is -2.33. The van der Waals surface area contributed by atoms with Crippen LogP contribution in [0.5, 0.6) is 5.75 Å². The molecule has 3 rings (SSSR count). The number of carbonyl (C=O) groups is 1. The zero-order valence-electron chi connectivity index (χ0n) is 10.9. The summed E-state index contributed by atoms with van der Waals surface area (Å²) in [6.07, 6.45) is 1.47. The zero-order chi connectivity index (χ0) is 13.9. The lowest BCUT2D eigenvalue weighted by Gasteiger charge is -2.32. The minimum absolute atomic E-state index is 0.0661. The number of furan rings is 1. The predicted molar refractivity (Wildman–Crippen MR) is 68.4 cm³/mol. The number of hydrogen-bond acceptors (Lipinski definition) is 4. The fraction of sp³-hybridized carbons (Fsp3) is 0.267. The molecule has 2 aromatic rings. The van der Waals surface area contributed by atoms with E-state index in [4.69, 9.17) is 4.42 Å². The van der Waals surface area contributed by atoms with Crippen LogP contribution in [0.2, 0.25) is 0 Å². The van der Waals surface area contributed by atoms with Gasteiger partial charge >= 0.3 is 0 Å². The van der Waals surface area contributed by atoms with Crippen LogP contribution in [0.15, 0.2) is 22.8 Å². The minimum Gasteiger partial charge on any atom is -0.508 e. The van der Waals surface area contributed by atoms with Gasteiger partial charge in [-0.3, -0.25) is 4.79 Å². The van der Waals surface area contributed by atoms with Gasteiger partial charge in [-0.25, -0.2) is 0 Å². The molecule has 0 amide bonds. The molecule has 0 bridgehead atoms. The van der Waals surface area contributed by atoms with E-state index in [1.165, 1.54) is 18.4 Å². The SMILES string of the molecule is Cc1coc2c1C(C)(O)c1c(ccc(O)c1C)C2=O. The molecule has 19 heavy (non-hydrogen) atoms. The van der Waals surface area contributed by atoms with E-state index in [9.17, 15) is 15.0 Å². The minimum atomic E-state index is -1.35. The highest BCUT2D eigenvalue weighted by Gasteiger charge is 2.43. The molecule has 2 N–H and O–H groups in total. The van der Waals surface area contributed by atoms with Crippen LogP contribution in [0.1, 0.15) is 45.3 Å². The summed E-state index contributed by atoms with van der Waals surface area (Å²) in [6, 6.07) is 2.98. The van der Waals surface area contributed by atoms with Crippen LogP contribution >= 0.6 is 0 Å². The molecule has 1 unspecified atom stereocenters. The maximum atomic E-state index is 12.4. The van der Waals surface area contributed by atoms with E-state index >= 15 is 0 Å². The molecule has 0 radical (unpaired) electrons. The maximum absolute atomic E-state index is 12.4. The summed E-state index contributed by atoms with van der Waals surface area (Å²) >= 11 is 0. The van der Waals surface area contributed by atoms with Gasteiger partial charge < -0.3 is 14.6 Å². The van der Waals surface area contributed by atoms with Gasteiger partial charge in [0.2, 0.25) is 5.78 Å². The first-order valence-corrected chi connectivity index (χ1v) is 6.04. The normalized spacial score (nSPS) is 21.2. The third-order valence-corrected chi connectivity index (χ3v) is 3.84. The first-order chi connectivity index (χ1) is 8.85. The summed E-state index contributed by atoms with van der Waals surface area (Å²) in [7, 11) is 0. The molecule has 1 aliphatic carbocycles. The number of ketones is 1. The second-order valence-corrected chi connectivity index (χ2v) is 5.16. The number of aryl methyl sites for hydroxylation is 1. The molecule has 98 valence electrons. The first kappa shape index (κ1) is 12.0. The number of aliphatic hydroxyl groups is 1. The number of aromatic hydroxyl groups is 1. The lowest BCUT2D eigenvalue weighted by atomic mass is 9.75. The molecular formula is C15H14O4. The molecule has 0 fully saturated rings. The Hall–Kier alpha value is -2.07. The van der Waals surface area contributed by atoms with E-state index in [-0.39, 0.29) is 17.3 Å². The van der Waals surface area contributed by atoms with E-state index < -0.39 is 5.60 Å². The quantitative estimate of drug-likeness (QED) is 0.761. The van der Waals surface area contributed by atoms with E-state index in [0.717, 1.165) is 5.56 Å². The second kappa shape index (κ2) is 3.48. The molecule has 1 aliphatic rings. The van der Waals surface area contributed by atoms with Gasteiger partial charge in [0, 0.05) is 16.7 Å². The van der Waals surface area contributed by atoms with Gasteiger partial charge in [-0.05, 0) is 44.0 Å². The van der Waals surface area contributed by atoms with Crippen molar-refractivity contribution in [2.75, 3.05) is 0 Å². The van der Waals surface area contributed by atoms with Gasteiger partial charge in [0.25, 0.3) is 0 Å². The third-order valence-electron chi connectivity index (χ3n) is 3.84. The summed E-state index contributed by atoms with van der Waals surface area (Å²) in [5, 5.41) is 20.7. The fourth-order valence-corrected chi connectivity index (χ4v) is 2.98.